The summed E-state index contributed by atoms with van der Waals surface area (Å²) >= 11 is 0. The molecule has 96 valence electrons. The second-order valence-electron chi connectivity index (χ2n) is 5.07. The zero-order chi connectivity index (χ0) is 11.8. The van der Waals surface area contributed by atoms with Crippen LogP contribution >= 0.6 is 0 Å². The molecule has 0 aliphatic heterocycles. The van der Waals surface area contributed by atoms with Gasteiger partial charge in [0.05, 0.1) is 6.61 Å². The summed E-state index contributed by atoms with van der Waals surface area (Å²) in [5.41, 5.74) is 0. The number of nitrogens with zero attached hydrogens (tertiary/aromatic N) is 1. The van der Waals surface area contributed by atoms with E-state index in [-0.39, 0.29) is 0 Å². The van der Waals surface area contributed by atoms with Gasteiger partial charge in [-0.1, -0.05) is 19.3 Å². The van der Waals surface area contributed by atoms with Crippen molar-refractivity contribution in [2.45, 2.75) is 51.1 Å². The molecule has 0 aromatic rings. The molecule has 0 radical (unpaired) electrons. The van der Waals surface area contributed by atoms with Crippen LogP contribution in [0.1, 0.15) is 39.0 Å². The Labute approximate surface area is 101 Å². The molecule has 1 aliphatic carbocycles. The molecule has 3 heteroatoms. The fourth-order valence-corrected chi connectivity index (χ4v) is 2.26. The van der Waals surface area contributed by atoms with E-state index >= 15 is 0 Å². The monoisotopic (exact) mass is 228 g/mol. The highest BCUT2D eigenvalue weighted by Gasteiger charge is 2.15. The third-order valence-electron chi connectivity index (χ3n) is 3.71. The van der Waals surface area contributed by atoms with E-state index in [9.17, 15) is 0 Å². The summed E-state index contributed by atoms with van der Waals surface area (Å²) in [7, 11) is 3.94. The molecule has 1 rings (SSSR count). The van der Waals surface area contributed by atoms with Gasteiger partial charge in [0.25, 0.3) is 0 Å². The number of hydrogen-bond donors (Lipinski definition) is 1. The largest absolute Gasteiger partial charge is 0.383 e. The summed E-state index contributed by atoms with van der Waals surface area (Å²) < 4.78 is 5.10. The Morgan fingerprint density at radius 3 is 2.62 bits per heavy atom. The highest BCUT2D eigenvalue weighted by molar-refractivity contribution is 4.75. The summed E-state index contributed by atoms with van der Waals surface area (Å²) in [6.45, 7) is 5.23. The molecule has 0 aromatic carbocycles. The van der Waals surface area contributed by atoms with Crippen LogP contribution in [0, 0.1) is 0 Å². The van der Waals surface area contributed by atoms with Crippen LogP contribution < -0.4 is 5.32 Å². The van der Waals surface area contributed by atoms with Crippen molar-refractivity contribution >= 4 is 0 Å². The first-order chi connectivity index (χ1) is 7.74. The van der Waals surface area contributed by atoms with Gasteiger partial charge in [0.15, 0.2) is 0 Å². The van der Waals surface area contributed by atoms with Gasteiger partial charge in [-0.2, -0.15) is 0 Å². The van der Waals surface area contributed by atoms with E-state index in [2.05, 4.69) is 24.2 Å². The number of methoxy groups -OCH3 is 1. The Kier molecular flexibility index (Phi) is 7.01. The van der Waals surface area contributed by atoms with E-state index < -0.39 is 0 Å². The second kappa shape index (κ2) is 8.04. The van der Waals surface area contributed by atoms with Gasteiger partial charge in [0.2, 0.25) is 0 Å². The van der Waals surface area contributed by atoms with E-state index in [0.29, 0.717) is 6.04 Å². The van der Waals surface area contributed by atoms with E-state index in [1.165, 1.54) is 32.1 Å². The van der Waals surface area contributed by atoms with Gasteiger partial charge in [-0.15, -0.1) is 0 Å². The van der Waals surface area contributed by atoms with Crippen LogP contribution in [0.5, 0.6) is 0 Å². The standard InChI is InChI=1S/C13H28N2O/c1-12(15(2)9-10-16-3)11-14-13-7-5-4-6-8-13/h12-14H,4-11H2,1-3H3. The third-order valence-corrected chi connectivity index (χ3v) is 3.71. The average molecular weight is 228 g/mol. The molecular weight excluding hydrogens is 200 g/mol. The Bertz CT molecular complexity index is 169. The van der Waals surface area contributed by atoms with Crippen LogP contribution in [0.15, 0.2) is 0 Å². The predicted octanol–water partition coefficient (Wildman–Crippen LogP) is 1.88. The van der Waals surface area contributed by atoms with Gasteiger partial charge in [-0.25, -0.2) is 0 Å². The normalized spacial score (nSPS) is 20.2. The lowest BCUT2D eigenvalue weighted by Gasteiger charge is -2.28. The summed E-state index contributed by atoms with van der Waals surface area (Å²) in [5.74, 6) is 0. The Morgan fingerprint density at radius 1 is 1.31 bits per heavy atom. The summed E-state index contributed by atoms with van der Waals surface area (Å²) in [6.07, 6.45) is 6.99. The molecule has 0 amide bonds. The first-order valence-corrected chi connectivity index (χ1v) is 6.66. The number of rotatable bonds is 7. The highest BCUT2D eigenvalue weighted by Crippen LogP contribution is 2.17. The topological polar surface area (TPSA) is 24.5 Å². The SMILES string of the molecule is COCCN(C)C(C)CNC1CCCCC1. The van der Waals surface area contributed by atoms with Crippen molar-refractivity contribution in [3.8, 4) is 0 Å². The Morgan fingerprint density at radius 2 is 2.00 bits per heavy atom. The number of likely N-dealkylation sites (N-methyl/N-ethyl adjacent to an activating group) is 1. The second-order valence-corrected chi connectivity index (χ2v) is 5.07. The van der Waals surface area contributed by atoms with E-state index in [0.717, 1.165) is 25.7 Å². The highest BCUT2D eigenvalue weighted by atomic mass is 16.5. The van der Waals surface area contributed by atoms with Crippen molar-refractivity contribution in [1.82, 2.24) is 10.2 Å². The molecule has 0 aromatic heterocycles. The van der Waals surface area contributed by atoms with Gasteiger partial charge in [0.1, 0.15) is 0 Å². The zero-order valence-corrected chi connectivity index (χ0v) is 11.2. The molecule has 0 saturated heterocycles. The number of nitrogens with one attached hydrogen (secondary N) is 1. The maximum Gasteiger partial charge on any atom is 0.0589 e. The van der Waals surface area contributed by atoms with Crippen molar-refractivity contribution in [1.29, 1.82) is 0 Å². The first-order valence-electron chi connectivity index (χ1n) is 6.66. The van der Waals surface area contributed by atoms with Crippen LogP contribution in [0.4, 0.5) is 0 Å². The molecule has 0 heterocycles. The summed E-state index contributed by atoms with van der Waals surface area (Å²) in [6, 6.07) is 1.36. The van der Waals surface area contributed by atoms with Crippen molar-refractivity contribution < 1.29 is 4.74 Å². The fraction of sp³-hybridized carbons (Fsp3) is 1.00. The number of ether oxygens (including phenoxy) is 1. The van der Waals surface area contributed by atoms with Crippen LogP contribution in [0.2, 0.25) is 0 Å². The van der Waals surface area contributed by atoms with Gasteiger partial charge >= 0.3 is 0 Å². The molecule has 1 N–H and O–H groups in total. The Balaban J connectivity index is 2.10. The summed E-state index contributed by atoms with van der Waals surface area (Å²) in [5, 5.41) is 3.70. The molecule has 1 aliphatic rings. The van der Waals surface area contributed by atoms with Gasteiger partial charge in [-0.05, 0) is 26.8 Å². The lowest BCUT2D eigenvalue weighted by molar-refractivity contribution is 0.140. The molecule has 16 heavy (non-hydrogen) atoms. The predicted molar refractivity (Wildman–Crippen MR) is 68.8 cm³/mol. The van der Waals surface area contributed by atoms with Crippen molar-refractivity contribution in [2.24, 2.45) is 0 Å². The lowest BCUT2D eigenvalue weighted by Crippen LogP contribution is -2.43. The van der Waals surface area contributed by atoms with Gasteiger partial charge < -0.3 is 15.0 Å². The van der Waals surface area contributed by atoms with Crippen molar-refractivity contribution in [3.63, 3.8) is 0 Å². The molecular formula is C13H28N2O. The van der Waals surface area contributed by atoms with Crippen molar-refractivity contribution in [3.05, 3.63) is 0 Å². The smallest absolute Gasteiger partial charge is 0.0589 e. The average Bonchev–Trinajstić information content (AvgIpc) is 2.34. The molecule has 1 atom stereocenters. The quantitative estimate of drug-likeness (QED) is 0.720. The summed E-state index contributed by atoms with van der Waals surface area (Å²) in [4.78, 5) is 2.36. The van der Waals surface area contributed by atoms with E-state index in [1.54, 1.807) is 7.11 Å². The van der Waals surface area contributed by atoms with Crippen molar-refractivity contribution in [2.75, 3.05) is 33.9 Å². The van der Waals surface area contributed by atoms with Crippen LogP contribution in [0.3, 0.4) is 0 Å². The van der Waals surface area contributed by atoms with E-state index in [4.69, 9.17) is 4.74 Å². The molecule has 0 spiro atoms. The maximum absolute atomic E-state index is 5.10. The molecule has 1 unspecified atom stereocenters. The van der Waals surface area contributed by atoms with Crippen LogP contribution in [0.25, 0.3) is 0 Å². The lowest BCUT2D eigenvalue weighted by atomic mass is 9.95. The minimum Gasteiger partial charge on any atom is -0.383 e. The molecule has 1 fully saturated rings. The third kappa shape index (κ3) is 5.28. The van der Waals surface area contributed by atoms with Crippen LogP contribution in [-0.4, -0.2) is 50.8 Å². The zero-order valence-electron chi connectivity index (χ0n) is 11.2. The number of hydrogen-bond acceptors (Lipinski definition) is 3. The maximum atomic E-state index is 5.10. The minimum atomic E-state index is 0.595. The van der Waals surface area contributed by atoms with E-state index in [1.807, 2.05) is 0 Å². The van der Waals surface area contributed by atoms with Crippen LogP contribution in [-0.2, 0) is 4.74 Å². The molecule has 1 saturated carbocycles. The van der Waals surface area contributed by atoms with Gasteiger partial charge in [-0.3, -0.25) is 0 Å². The Hall–Kier alpha value is -0.120. The first kappa shape index (κ1) is 13.9. The molecule has 0 bridgehead atoms. The fourth-order valence-electron chi connectivity index (χ4n) is 2.26. The molecule has 3 nitrogen and oxygen atoms in total. The minimum absolute atomic E-state index is 0.595. The van der Waals surface area contributed by atoms with Gasteiger partial charge in [0, 0.05) is 32.3 Å².